The normalized spacial score (nSPS) is 13.9. The Morgan fingerprint density at radius 3 is 1.64 bits per heavy atom. The van der Waals surface area contributed by atoms with Crippen molar-refractivity contribution in [3.8, 4) is 0 Å². The number of alkyl halides is 2. The van der Waals surface area contributed by atoms with Crippen LogP contribution in [0, 0.1) is 0 Å². The van der Waals surface area contributed by atoms with Gasteiger partial charge in [-0.3, -0.25) is 9.59 Å². The van der Waals surface area contributed by atoms with Crippen LogP contribution in [0.25, 0.3) is 0 Å². The lowest BCUT2D eigenvalue weighted by Crippen LogP contribution is -2.46. The van der Waals surface area contributed by atoms with Crippen LogP contribution in [-0.2, 0) is 9.59 Å². The second-order valence-corrected chi connectivity index (χ2v) is 5.92. The third-order valence-electron chi connectivity index (χ3n) is 3.66. The van der Waals surface area contributed by atoms with Crippen molar-refractivity contribution in [3.63, 3.8) is 0 Å². The van der Waals surface area contributed by atoms with Crippen molar-refractivity contribution in [3.05, 3.63) is 24.3 Å². The Bertz CT molecular complexity index is 490. The Hall–Kier alpha value is -1.26. The molecule has 6 heteroatoms. The Morgan fingerprint density at radius 2 is 1.27 bits per heavy atom. The number of para-hydroxylation sites is 2. The molecule has 1 aliphatic rings. The fourth-order valence-electron chi connectivity index (χ4n) is 2.59. The lowest BCUT2D eigenvalue weighted by Gasteiger charge is -2.36. The average Bonchev–Trinajstić information content (AvgIpc) is 2.56. The van der Waals surface area contributed by atoms with Gasteiger partial charge in [0.05, 0.1) is 11.4 Å². The zero-order valence-electron chi connectivity index (χ0n) is 12.4. The van der Waals surface area contributed by atoms with Crippen molar-refractivity contribution in [1.29, 1.82) is 0 Å². The molecule has 0 unspecified atom stereocenters. The quantitative estimate of drug-likeness (QED) is 0.743. The number of carbonyl (C=O) groups excluding carboxylic acids is 2. The first-order chi connectivity index (χ1) is 10.7. The summed E-state index contributed by atoms with van der Waals surface area (Å²) in [6, 6.07) is 7.53. The summed E-state index contributed by atoms with van der Waals surface area (Å²) in [7, 11) is 0. The van der Waals surface area contributed by atoms with Crippen molar-refractivity contribution in [1.82, 2.24) is 0 Å². The van der Waals surface area contributed by atoms with Crippen molar-refractivity contribution >= 4 is 46.4 Å². The average molecular weight is 343 g/mol. The summed E-state index contributed by atoms with van der Waals surface area (Å²) in [5.74, 6) is 1.07. The second kappa shape index (κ2) is 8.39. The molecule has 120 valence electrons. The van der Waals surface area contributed by atoms with E-state index in [4.69, 9.17) is 23.2 Å². The Labute approximate surface area is 141 Å². The Balaban J connectivity index is 2.19. The van der Waals surface area contributed by atoms with Crippen LogP contribution in [0.1, 0.15) is 25.7 Å². The molecule has 0 N–H and O–H groups in total. The first-order valence-electron chi connectivity index (χ1n) is 7.50. The summed E-state index contributed by atoms with van der Waals surface area (Å²) in [5, 5.41) is 0. The Kier molecular flexibility index (Phi) is 6.52. The number of anilines is 2. The molecule has 1 heterocycles. The fraction of sp³-hybridized carbons (Fsp3) is 0.500. The third-order valence-corrected chi connectivity index (χ3v) is 4.20. The van der Waals surface area contributed by atoms with Crippen LogP contribution in [0.15, 0.2) is 24.3 Å². The number of carbonyl (C=O) groups is 2. The van der Waals surface area contributed by atoms with Crippen LogP contribution < -0.4 is 9.80 Å². The maximum absolute atomic E-state index is 12.3. The van der Waals surface area contributed by atoms with E-state index in [0.29, 0.717) is 50.5 Å². The maximum Gasteiger partial charge on any atom is 0.227 e. The van der Waals surface area contributed by atoms with Crippen molar-refractivity contribution in [2.75, 3.05) is 34.6 Å². The van der Waals surface area contributed by atoms with Crippen molar-refractivity contribution < 1.29 is 9.59 Å². The molecule has 1 aliphatic heterocycles. The topological polar surface area (TPSA) is 40.6 Å². The van der Waals surface area contributed by atoms with E-state index in [2.05, 4.69) is 0 Å². The van der Waals surface area contributed by atoms with Crippen LogP contribution in [0.4, 0.5) is 11.4 Å². The number of rotatable bonds is 6. The number of hydrogen-bond donors (Lipinski definition) is 0. The van der Waals surface area contributed by atoms with Gasteiger partial charge in [0.15, 0.2) is 0 Å². The molecule has 0 saturated carbocycles. The highest BCUT2D eigenvalue weighted by molar-refractivity contribution is 6.18. The SMILES string of the molecule is O=C(CCCCl)N1CCN(C(=O)CCCCl)c2ccccc21. The van der Waals surface area contributed by atoms with Crippen LogP contribution in [0.2, 0.25) is 0 Å². The van der Waals surface area contributed by atoms with E-state index in [1.807, 2.05) is 24.3 Å². The Morgan fingerprint density at radius 1 is 0.864 bits per heavy atom. The highest BCUT2D eigenvalue weighted by Crippen LogP contribution is 2.33. The lowest BCUT2D eigenvalue weighted by molar-refractivity contribution is -0.120. The molecule has 0 aromatic heterocycles. The van der Waals surface area contributed by atoms with E-state index >= 15 is 0 Å². The predicted molar refractivity (Wildman–Crippen MR) is 91.1 cm³/mol. The van der Waals surface area contributed by atoms with Gasteiger partial charge < -0.3 is 9.80 Å². The van der Waals surface area contributed by atoms with Gasteiger partial charge in [-0.05, 0) is 25.0 Å². The van der Waals surface area contributed by atoms with Gasteiger partial charge >= 0.3 is 0 Å². The minimum absolute atomic E-state index is 0.0564. The molecule has 0 saturated heterocycles. The van der Waals surface area contributed by atoms with Crippen LogP contribution in [0.3, 0.4) is 0 Å². The van der Waals surface area contributed by atoms with Crippen LogP contribution in [-0.4, -0.2) is 36.7 Å². The van der Waals surface area contributed by atoms with Gasteiger partial charge in [-0.1, -0.05) is 12.1 Å². The zero-order valence-corrected chi connectivity index (χ0v) is 13.9. The van der Waals surface area contributed by atoms with Gasteiger partial charge in [0.25, 0.3) is 0 Å². The molecule has 4 nitrogen and oxygen atoms in total. The van der Waals surface area contributed by atoms with E-state index in [1.54, 1.807) is 9.80 Å². The van der Waals surface area contributed by atoms with E-state index < -0.39 is 0 Å². The molecule has 2 rings (SSSR count). The summed E-state index contributed by atoms with van der Waals surface area (Å²) in [4.78, 5) is 28.1. The first kappa shape index (κ1) is 17.1. The largest absolute Gasteiger partial charge is 0.309 e. The van der Waals surface area contributed by atoms with Crippen molar-refractivity contribution in [2.45, 2.75) is 25.7 Å². The molecule has 0 aliphatic carbocycles. The van der Waals surface area contributed by atoms with E-state index in [9.17, 15) is 9.59 Å². The minimum atomic E-state index is 0.0564. The molecule has 0 radical (unpaired) electrons. The summed E-state index contributed by atoms with van der Waals surface area (Å²) in [6.45, 7) is 1.04. The zero-order chi connectivity index (χ0) is 15.9. The number of fused-ring (bicyclic) bond motifs is 1. The summed E-state index contributed by atoms with van der Waals surface area (Å²) in [6.07, 6.45) is 2.19. The third kappa shape index (κ3) is 3.93. The molecule has 0 atom stereocenters. The molecule has 0 spiro atoms. The molecule has 0 fully saturated rings. The van der Waals surface area contributed by atoms with Gasteiger partial charge in [-0.2, -0.15) is 0 Å². The minimum Gasteiger partial charge on any atom is -0.309 e. The number of benzene rings is 1. The van der Waals surface area contributed by atoms with Gasteiger partial charge in [0.1, 0.15) is 0 Å². The number of nitrogens with zero attached hydrogens (tertiary/aromatic N) is 2. The second-order valence-electron chi connectivity index (χ2n) is 5.16. The highest BCUT2D eigenvalue weighted by atomic mass is 35.5. The molecule has 1 aromatic rings. The number of amides is 2. The predicted octanol–water partition coefficient (Wildman–Crippen LogP) is 3.40. The summed E-state index contributed by atoms with van der Waals surface area (Å²) in [5.41, 5.74) is 1.60. The van der Waals surface area contributed by atoms with Gasteiger partial charge in [0, 0.05) is 37.7 Å². The van der Waals surface area contributed by atoms with Crippen molar-refractivity contribution in [2.24, 2.45) is 0 Å². The molecule has 0 bridgehead atoms. The van der Waals surface area contributed by atoms with Gasteiger partial charge in [-0.15, -0.1) is 23.2 Å². The van der Waals surface area contributed by atoms with Crippen LogP contribution in [0.5, 0.6) is 0 Å². The van der Waals surface area contributed by atoms with E-state index in [1.165, 1.54) is 0 Å². The fourth-order valence-corrected chi connectivity index (χ4v) is 2.85. The first-order valence-corrected chi connectivity index (χ1v) is 8.57. The molecular weight excluding hydrogens is 323 g/mol. The van der Waals surface area contributed by atoms with E-state index in [0.717, 1.165) is 11.4 Å². The molecule has 22 heavy (non-hydrogen) atoms. The molecule has 1 aromatic carbocycles. The van der Waals surface area contributed by atoms with E-state index in [-0.39, 0.29) is 11.8 Å². The molecular formula is C16H20Cl2N2O2. The van der Waals surface area contributed by atoms with Gasteiger partial charge in [0.2, 0.25) is 11.8 Å². The lowest BCUT2D eigenvalue weighted by atomic mass is 10.1. The van der Waals surface area contributed by atoms with Gasteiger partial charge in [-0.25, -0.2) is 0 Å². The number of halogens is 2. The molecule has 2 amide bonds. The number of hydrogen-bond acceptors (Lipinski definition) is 2. The standard InChI is InChI=1S/C16H20Cl2N2O2/c17-9-3-7-15(21)19-11-12-20(16(22)8-4-10-18)14-6-2-1-5-13(14)19/h1-2,5-6H,3-4,7-12H2. The smallest absolute Gasteiger partial charge is 0.227 e. The maximum atomic E-state index is 12.3. The summed E-state index contributed by atoms with van der Waals surface area (Å²) < 4.78 is 0. The van der Waals surface area contributed by atoms with Crippen LogP contribution >= 0.6 is 23.2 Å². The monoisotopic (exact) mass is 342 g/mol. The summed E-state index contributed by atoms with van der Waals surface area (Å²) >= 11 is 11.3. The highest BCUT2D eigenvalue weighted by Gasteiger charge is 2.28.